The molecule has 6 rings (SSSR count). The number of non-ortho nitro benzene ring substituents is 1. The van der Waals surface area contributed by atoms with Gasteiger partial charge in [-0.05, 0) is 109 Å². The number of urea groups is 1. The molecule has 1 saturated heterocycles. The zero-order valence-electron chi connectivity index (χ0n) is 72.0. The molecule has 9 atom stereocenters. The van der Waals surface area contributed by atoms with Crippen molar-refractivity contribution in [3.05, 3.63) is 152 Å². The summed E-state index contributed by atoms with van der Waals surface area (Å²) in [6, 6.07) is 8.97. The lowest BCUT2D eigenvalue weighted by atomic mass is 9.98. The number of benzene rings is 5. The Kier molecular flexibility index (Phi) is 42.6. The van der Waals surface area contributed by atoms with E-state index in [1.54, 1.807) is 54.6 Å². The number of nitrogen functional groups attached to an aromatic ring is 1. The number of phenols is 1. The quantitative estimate of drug-likeness (QED) is 0.00945. The van der Waals surface area contributed by atoms with E-state index in [-0.39, 0.29) is 103 Å². The van der Waals surface area contributed by atoms with E-state index in [4.69, 9.17) is 10.8 Å². The Morgan fingerprint density at radius 2 is 0.895 bits per heavy atom. The number of nitrogens with zero attached hydrogens (tertiary/aromatic N) is 7. The monoisotopic (exact) mass is 1870 g/mol. The van der Waals surface area contributed by atoms with E-state index < -0.39 is 272 Å². The number of hydrogen-bond donors (Lipinski definition) is 20. The molecule has 5 aromatic rings. The van der Waals surface area contributed by atoms with E-state index in [0.29, 0.717) is 39.9 Å². The van der Waals surface area contributed by atoms with Crippen LogP contribution >= 0.6 is 0 Å². The molecule has 0 aromatic heterocycles. The number of nitro benzene ring substituents is 2. The van der Waals surface area contributed by atoms with Crippen molar-refractivity contribution < 1.29 is 147 Å². The number of hydrogen-bond acceptors (Lipinski definition) is 28. The van der Waals surface area contributed by atoms with Gasteiger partial charge in [0.15, 0.2) is 0 Å². The van der Waals surface area contributed by atoms with Crippen LogP contribution in [0.1, 0.15) is 104 Å². The van der Waals surface area contributed by atoms with Gasteiger partial charge < -0.3 is 110 Å². The molecule has 49 heteroatoms. The first-order valence-electron chi connectivity index (χ1n) is 41.8. The van der Waals surface area contributed by atoms with Gasteiger partial charge in [0.2, 0.25) is 41.4 Å². The Morgan fingerprint density at radius 3 is 1.42 bits per heavy atom. The minimum atomic E-state index is -1.93. The van der Waals surface area contributed by atoms with Gasteiger partial charge >= 0.3 is 59.8 Å². The molecule has 1 heterocycles. The number of carboxylic acids is 9. The van der Waals surface area contributed by atoms with Crippen molar-refractivity contribution in [3.63, 3.8) is 0 Å². The van der Waals surface area contributed by atoms with Gasteiger partial charge in [-0.2, -0.15) is 0 Å². The van der Waals surface area contributed by atoms with E-state index in [1.165, 1.54) is 63.0 Å². The fraction of sp³-hybridized carbons (Fsp3) is 0.452. The molecule has 21 N–H and O–H groups in total. The highest BCUT2D eigenvalue weighted by Crippen LogP contribution is 2.26. The van der Waals surface area contributed by atoms with Crippen LogP contribution in [0.5, 0.6) is 5.75 Å². The smallest absolute Gasteiger partial charge is 0.326 e. The van der Waals surface area contributed by atoms with Crippen molar-refractivity contribution in [2.24, 2.45) is 0 Å². The summed E-state index contributed by atoms with van der Waals surface area (Å²) in [4.78, 5) is 264. The normalized spacial score (nSPS) is 14.9. The predicted molar refractivity (Wildman–Crippen MR) is 463 cm³/mol. The van der Waals surface area contributed by atoms with Crippen molar-refractivity contribution in [1.29, 1.82) is 0 Å². The number of nitro groups is 2. The standard InChI is InChI=1S/C84H107N17O32/c1-95(78(118)63(41-49-14-20-55(102)21-15-49)92-76(116)61(40-48-12-17-53(85)18-13-48)89-68(104)27-25-64(83(127)128)99-37-35-97(46-72(110)111)33-31-96(45-71(108)109)32-34-98(36-38-99)47-73(112)113)66(42-50-11-16-51-7-2-3-8-52(51)39-50)77(117)90-58(80(121)122)9-4-5-29-87-75(115)62(91-74(114)56-22-19-54(100(130)131)43-65(56)101(132)133)44-69(105)86-30-6-10-57(79(119)120)88-67(103)26-23-59(81(123)124)93-84(129)94-60(82(125)126)24-28-70(106)107/h2-3,7-8,11-22,39,43,57-64,66,102H,4-6,9-10,23-38,40-42,44-47,85H2,1H3,(H,86,105)(H,87,115)(H,88,103)(H,89,104)(H,90,117)(H,91,114)(H,92,116)(H,106,107)(H,108,109)(H,110,111)(H,112,113)(H,119,120)(H,121,122)(H,123,124)(H,125,126)(H,127,128)(H2,93,94,129)/t57-,58+,59-,60-,61-,62+,63+,64?,66+/m0/s1. The minimum absolute atomic E-state index is 0.0146. The number of aromatic hydroxyl groups is 1. The average Bonchev–Trinajstić information content (AvgIpc) is 0.814. The fourth-order valence-corrected chi connectivity index (χ4v) is 14.2. The Labute approximate surface area is 757 Å². The van der Waals surface area contributed by atoms with Gasteiger partial charge in [-0.1, -0.05) is 66.7 Å². The number of aliphatic carboxylic acids is 9. The Hall–Kier alpha value is -15.1. The topological polar surface area (TPSA) is 746 Å². The van der Waals surface area contributed by atoms with Crippen molar-refractivity contribution >= 4 is 135 Å². The number of anilines is 1. The SMILES string of the molecule is CN(C(=O)[C@@H](Cc1ccc(O)cc1)NC(=O)[C@H](Cc1ccc(N)cc1)NC(=O)CCC(C(=O)O)N1CCN(CC(=O)O)CCN(CC(=O)O)CCN(CC(=O)O)CC1)[C@H](Cc1ccc2ccccc2c1)C(=O)N[C@H](CCCCNC(=O)[C@@H](CC(=O)NCCC[C@H](NC(=O)CC[C@H](NC(=O)N[C@@H](CCC(=O)O)C(=O)O)C(=O)O)C(=O)O)NC(=O)c1ccc([N+](=O)[O-])cc1[N+](=O)[O-])C(=O)O. The summed E-state index contributed by atoms with van der Waals surface area (Å²) in [5.41, 5.74) is 4.82. The molecule has 720 valence electrons. The first kappa shape index (κ1) is 107. The Balaban J connectivity index is 1.19. The van der Waals surface area contributed by atoms with Crippen LogP contribution < -0.4 is 53.6 Å². The molecule has 1 fully saturated rings. The van der Waals surface area contributed by atoms with E-state index in [1.807, 2.05) is 10.6 Å². The van der Waals surface area contributed by atoms with Crippen LogP contribution in [0.4, 0.5) is 21.9 Å². The van der Waals surface area contributed by atoms with Crippen molar-refractivity contribution in [2.75, 3.05) is 97.9 Å². The molecule has 1 aliphatic rings. The number of nitrogens with one attached hydrogen (secondary N) is 9. The number of carbonyl (C=O) groups is 18. The van der Waals surface area contributed by atoms with Crippen molar-refractivity contribution in [3.8, 4) is 5.75 Å². The summed E-state index contributed by atoms with van der Waals surface area (Å²) in [6.07, 6.45) is -6.95. The van der Waals surface area contributed by atoms with E-state index in [9.17, 15) is 138 Å². The number of likely N-dealkylation sites (N-methyl/N-ethyl adjacent to an activating group) is 1. The second-order valence-corrected chi connectivity index (χ2v) is 31.2. The second kappa shape index (κ2) is 53.1. The summed E-state index contributed by atoms with van der Waals surface area (Å²) in [6.45, 7) is -2.54. The van der Waals surface area contributed by atoms with Crippen LogP contribution in [-0.2, 0) is 96.0 Å². The molecule has 0 spiro atoms. The lowest BCUT2D eigenvalue weighted by Crippen LogP contribution is -2.59. The summed E-state index contributed by atoms with van der Waals surface area (Å²) in [7, 11) is 1.21. The summed E-state index contributed by atoms with van der Waals surface area (Å²) in [5.74, 6) is -21.7. The maximum Gasteiger partial charge on any atom is 0.326 e. The molecule has 5 aromatic carbocycles. The highest BCUT2D eigenvalue weighted by Gasteiger charge is 2.39. The van der Waals surface area contributed by atoms with Gasteiger partial charge in [-0.3, -0.25) is 102 Å². The van der Waals surface area contributed by atoms with Gasteiger partial charge in [0.1, 0.15) is 65.7 Å². The van der Waals surface area contributed by atoms with Gasteiger partial charge in [0.05, 0.1) is 42.0 Å². The van der Waals surface area contributed by atoms with E-state index in [2.05, 4.69) is 37.2 Å². The number of nitrogens with two attached hydrogens (primary N) is 1. The Bertz CT molecular complexity index is 4990. The third-order valence-electron chi connectivity index (χ3n) is 21.4. The van der Waals surface area contributed by atoms with Crippen LogP contribution in [0.2, 0.25) is 0 Å². The second-order valence-electron chi connectivity index (χ2n) is 31.2. The molecular formula is C84H107N17O32. The lowest BCUT2D eigenvalue weighted by molar-refractivity contribution is -0.394. The predicted octanol–water partition coefficient (Wildman–Crippen LogP) is -1.16. The minimum Gasteiger partial charge on any atom is -0.508 e. The number of rotatable bonds is 53. The van der Waals surface area contributed by atoms with Gasteiger partial charge in [0, 0.05) is 123 Å². The molecule has 1 aliphatic heterocycles. The highest BCUT2D eigenvalue weighted by molar-refractivity contribution is 6.02. The zero-order valence-corrected chi connectivity index (χ0v) is 72.0. The molecule has 133 heavy (non-hydrogen) atoms. The molecule has 0 saturated carbocycles. The molecule has 0 bridgehead atoms. The summed E-state index contributed by atoms with van der Waals surface area (Å²) in [5, 5.41) is 145. The number of unbranched alkanes of at least 4 members (excludes halogenated alkanes) is 1. The lowest BCUT2D eigenvalue weighted by Gasteiger charge is -2.35. The number of carbonyl (C=O) groups excluding carboxylic acids is 9. The van der Waals surface area contributed by atoms with Gasteiger partial charge in [0.25, 0.3) is 17.3 Å². The Morgan fingerprint density at radius 1 is 0.421 bits per heavy atom. The van der Waals surface area contributed by atoms with Crippen LogP contribution in [0.3, 0.4) is 0 Å². The maximum absolute atomic E-state index is 15.5. The van der Waals surface area contributed by atoms with E-state index >= 15 is 14.4 Å². The first-order chi connectivity index (χ1) is 62.9. The van der Waals surface area contributed by atoms with Gasteiger partial charge in [-0.15, -0.1) is 0 Å². The first-order valence-corrected chi connectivity index (χ1v) is 41.8. The number of fused-ring (bicyclic) bond motifs is 1. The number of carboxylic acid groups (broad SMARTS) is 9. The van der Waals surface area contributed by atoms with Crippen LogP contribution in [-0.4, -0.2) is 339 Å². The van der Waals surface area contributed by atoms with Crippen molar-refractivity contribution in [2.45, 2.75) is 151 Å². The molecular weight excluding hydrogens is 1760 g/mol. The highest BCUT2D eigenvalue weighted by atomic mass is 16.6. The van der Waals surface area contributed by atoms with Gasteiger partial charge in [-0.25, -0.2) is 24.0 Å². The van der Waals surface area contributed by atoms with Crippen LogP contribution in [0.25, 0.3) is 10.8 Å². The van der Waals surface area contributed by atoms with Crippen LogP contribution in [0, 0.1) is 20.2 Å². The molecule has 49 nitrogen and oxygen atoms in total. The summed E-state index contributed by atoms with van der Waals surface area (Å²) < 4.78 is 0. The van der Waals surface area contributed by atoms with Crippen LogP contribution in [0.15, 0.2) is 109 Å². The van der Waals surface area contributed by atoms with E-state index in [0.717, 1.165) is 16.4 Å². The maximum atomic E-state index is 15.5. The fourth-order valence-electron chi connectivity index (χ4n) is 14.2. The largest absolute Gasteiger partial charge is 0.508 e. The summed E-state index contributed by atoms with van der Waals surface area (Å²) >= 11 is 0. The molecule has 0 aliphatic carbocycles. The molecule has 0 radical (unpaired) electrons. The molecule has 10 amide bonds. The number of phenolic OH excluding ortho intramolecular Hbond substituents is 1. The van der Waals surface area contributed by atoms with Crippen molar-refractivity contribution in [1.82, 2.24) is 72.4 Å². The zero-order chi connectivity index (χ0) is 98.3. The third-order valence-corrected chi connectivity index (χ3v) is 21.4. The average molecular weight is 1870 g/mol. The molecule has 1 unspecified atom stereocenters. The number of amides is 10. The third kappa shape index (κ3) is 37.1.